The van der Waals surface area contributed by atoms with Crippen molar-refractivity contribution in [2.75, 3.05) is 0 Å². The molecule has 3 nitrogen and oxygen atoms in total. The second-order valence-corrected chi connectivity index (χ2v) is 6.63. The molecule has 0 saturated carbocycles. The highest BCUT2D eigenvalue weighted by Crippen LogP contribution is 2.30. The smallest absolute Gasteiger partial charge is 0.261 e. The van der Waals surface area contributed by atoms with Gasteiger partial charge in [0, 0.05) is 29.1 Å². The van der Waals surface area contributed by atoms with Crippen molar-refractivity contribution in [2.45, 2.75) is 25.8 Å². The summed E-state index contributed by atoms with van der Waals surface area (Å²) in [5.74, 6) is 0.0423. The lowest BCUT2D eigenvalue weighted by Crippen LogP contribution is -2.35. The Bertz CT molecular complexity index is 817. The lowest BCUT2D eigenvalue weighted by Gasteiger charge is -2.11. The molecule has 1 aliphatic rings. The highest BCUT2D eigenvalue weighted by Gasteiger charge is 2.27. The third kappa shape index (κ3) is 2.16. The molecule has 2 aromatic heterocycles. The number of fused-ring (bicyclic) bond motifs is 3. The fourth-order valence-electron chi connectivity index (χ4n) is 3.16. The van der Waals surface area contributed by atoms with Gasteiger partial charge in [0.1, 0.15) is 0 Å². The number of rotatable bonds is 2. The molecule has 2 N–H and O–H groups in total. The standard InChI is InChI=1S/C17H16N2OS/c1-10-4-5-14-12(7-10)13-8-11(9-15(13)19-14)18-17(20)16-3-2-6-21-16/h2-7,11,19H,8-9H2,1H3,(H,18,20). The second kappa shape index (κ2) is 4.74. The van der Waals surface area contributed by atoms with Gasteiger partial charge in [-0.1, -0.05) is 17.7 Å². The van der Waals surface area contributed by atoms with Crippen LogP contribution in [0.25, 0.3) is 10.9 Å². The van der Waals surface area contributed by atoms with Crippen molar-refractivity contribution >= 4 is 28.1 Å². The highest BCUT2D eigenvalue weighted by atomic mass is 32.1. The van der Waals surface area contributed by atoms with Gasteiger partial charge in [-0.05, 0) is 42.5 Å². The summed E-state index contributed by atoms with van der Waals surface area (Å²) < 4.78 is 0. The van der Waals surface area contributed by atoms with Gasteiger partial charge in [0.2, 0.25) is 0 Å². The summed E-state index contributed by atoms with van der Waals surface area (Å²) in [5, 5.41) is 6.38. The van der Waals surface area contributed by atoms with E-state index in [-0.39, 0.29) is 11.9 Å². The molecule has 0 radical (unpaired) electrons. The first-order valence-corrected chi connectivity index (χ1v) is 8.03. The number of nitrogens with one attached hydrogen (secondary N) is 2. The van der Waals surface area contributed by atoms with Gasteiger partial charge in [-0.25, -0.2) is 0 Å². The topological polar surface area (TPSA) is 44.9 Å². The molecule has 4 rings (SSSR count). The van der Waals surface area contributed by atoms with Crippen LogP contribution < -0.4 is 5.32 Å². The minimum Gasteiger partial charge on any atom is -0.358 e. The zero-order valence-electron chi connectivity index (χ0n) is 11.8. The number of carbonyl (C=O) groups excluding carboxylic acids is 1. The molecule has 1 aliphatic carbocycles. The predicted molar refractivity (Wildman–Crippen MR) is 86.0 cm³/mol. The molecule has 2 heterocycles. The number of hydrogen-bond acceptors (Lipinski definition) is 2. The van der Waals surface area contributed by atoms with Crippen LogP contribution in [0.15, 0.2) is 35.7 Å². The van der Waals surface area contributed by atoms with Crippen molar-refractivity contribution in [3.63, 3.8) is 0 Å². The largest absolute Gasteiger partial charge is 0.358 e. The summed E-state index contributed by atoms with van der Waals surface area (Å²) in [5.41, 5.74) is 5.11. The number of carbonyl (C=O) groups is 1. The van der Waals surface area contributed by atoms with E-state index in [1.54, 1.807) is 0 Å². The fourth-order valence-corrected chi connectivity index (χ4v) is 3.78. The molecule has 0 saturated heterocycles. The van der Waals surface area contributed by atoms with Crippen LogP contribution in [0.3, 0.4) is 0 Å². The maximum Gasteiger partial charge on any atom is 0.261 e. The van der Waals surface area contributed by atoms with E-state index in [0.29, 0.717) is 0 Å². The lowest BCUT2D eigenvalue weighted by molar-refractivity contribution is 0.0942. The third-order valence-corrected chi connectivity index (χ3v) is 5.00. The molecule has 0 spiro atoms. The van der Waals surface area contributed by atoms with Crippen LogP contribution in [0, 0.1) is 6.92 Å². The Morgan fingerprint density at radius 1 is 1.33 bits per heavy atom. The fraction of sp³-hybridized carbons (Fsp3) is 0.235. The number of aromatic nitrogens is 1. The minimum absolute atomic E-state index is 0.0423. The molecule has 106 valence electrons. The number of aryl methyl sites for hydroxylation is 1. The predicted octanol–water partition coefficient (Wildman–Crippen LogP) is 3.44. The van der Waals surface area contributed by atoms with Gasteiger partial charge in [0.05, 0.1) is 4.88 Å². The molecule has 1 unspecified atom stereocenters. The van der Waals surface area contributed by atoms with Crippen LogP contribution >= 0.6 is 11.3 Å². The van der Waals surface area contributed by atoms with Crippen molar-refractivity contribution in [3.8, 4) is 0 Å². The highest BCUT2D eigenvalue weighted by molar-refractivity contribution is 7.12. The number of benzene rings is 1. The van der Waals surface area contributed by atoms with E-state index >= 15 is 0 Å². The SMILES string of the molecule is Cc1ccc2[nH]c3c(c2c1)CC(NC(=O)c1cccs1)C3. The third-order valence-electron chi connectivity index (χ3n) is 4.13. The van der Waals surface area contributed by atoms with Gasteiger partial charge < -0.3 is 10.3 Å². The first-order valence-electron chi connectivity index (χ1n) is 7.15. The first kappa shape index (κ1) is 12.7. The summed E-state index contributed by atoms with van der Waals surface area (Å²) in [6.45, 7) is 2.11. The average molecular weight is 296 g/mol. The maximum absolute atomic E-state index is 12.1. The molecule has 0 bridgehead atoms. The van der Waals surface area contributed by atoms with Crippen LogP contribution in [-0.2, 0) is 12.8 Å². The minimum atomic E-state index is 0.0423. The maximum atomic E-state index is 12.1. The molecule has 0 aliphatic heterocycles. The number of amides is 1. The second-order valence-electron chi connectivity index (χ2n) is 5.69. The molecule has 0 fully saturated rings. The molecule has 1 amide bonds. The van der Waals surface area contributed by atoms with Gasteiger partial charge in [-0.15, -0.1) is 11.3 Å². The molecule has 21 heavy (non-hydrogen) atoms. The Kier molecular flexibility index (Phi) is 2.86. The Labute approximate surface area is 127 Å². The Hall–Kier alpha value is -2.07. The molecule has 4 heteroatoms. The van der Waals surface area contributed by atoms with Crippen molar-refractivity contribution in [2.24, 2.45) is 0 Å². The van der Waals surface area contributed by atoms with E-state index in [9.17, 15) is 4.79 Å². The van der Waals surface area contributed by atoms with Crippen LogP contribution in [0.1, 0.15) is 26.5 Å². The van der Waals surface area contributed by atoms with Gasteiger partial charge in [-0.3, -0.25) is 4.79 Å². The van der Waals surface area contributed by atoms with Crippen LogP contribution in [0.5, 0.6) is 0 Å². The lowest BCUT2D eigenvalue weighted by atomic mass is 10.1. The monoisotopic (exact) mass is 296 g/mol. The van der Waals surface area contributed by atoms with E-state index in [4.69, 9.17) is 0 Å². The van der Waals surface area contributed by atoms with Crippen LogP contribution in [0.2, 0.25) is 0 Å². The molecule has 1 atom stereocenters. The summed E-state index contributed by atoms with van der Waals surface area (Å²) in [7, 11) is 0. The van der Waals surface area contributed by atoms with E-state index < -0.39 is 0 Å². The average Bonchev–Trinajstić information content (AvgIpc) is 3.14. The first-order chi connectivity index (χ1) is 10.2. The van der Waals surface area contributed by atoms with Crippen molar-refractivity contribution in [1.29, 1.82) is 0 Å². The summed E-state index contributed by atoms with van der Waals surface area (Å²) >= 11 is 1.48. The number of hydrogen-bond donors (Lipinski definition) is 2. The Morgan fingerprint density at radius 2 is 2.24 bits per heavy atom. The van der Waals surface area contributed by atoms with E-state index in [1.807, 2.05) is 17.5 Å². The Morgan fingerprint density at radius 3 is 3.05 bits per heavy atom. The Balaban J connectivity index is 1.57. The van der Waals surface area contributed by atoms with E-state index in [2.05, 4.69) is 35.4 Å². The van der Waals surface area contributed by atoms with Gasteiger partial charge in [0.25, 0.3) is 5.91 Å². The zero-order chi connectivity index (χ0) is 14.4. The van der Waals surface area contributed by atoms with Crippen molar-refractivity contribution in [1.82, 2.24) is 10.3 Å². The summed E-state index contributed by atoms with van der Waals surface area (Å²) in [4.78, 5) is 16.4. The van der Waals surface area contributed by atoms with Crippen LogP contribution in [-0.4, -0.2) is 16.9 Å². The quantitative estimate of drug-likeness (QED) is 0.747. The van der Waals surface area contributed by atoms with Gasteiger partial charge in [-0.2, -0.15) is 0 Å². The molecule has 3 aromatic rings. The van der Waals surface area contributed by atoms with Crippen molar-refractivity contribution < 1.29 is 4.79 Å². The van der Waals surface area contributed by atoms with Gasteiger partial charge in [0.15, 0.2) is 0 Å². The number of thiophene rings is 1. The van der Waals surface area contributed by atoms with Gasteiger partial charge >= 0.3 is 0 Å². The van der Waals surface area contributed by atoms with E-state index in [1.165, 1.54) is 39.1 Å². The normalized spacial score (nSPS) is 17.1. The summed E-state index contributed by atoms with van der Waals surface area (Å²) in [6.07, 6.45) is 1.80. The number of H-pyrrole nitrogens is 1. The molecule has 1 aromatic carbocycles. The van der Waals surface area contributed by atoms with Crippen LogP contribution in [0.4, 0.5) is 0 Å². The van der Waals surface area contributed by atoms with Crippen molar-refractivity contribution in [3.05, 3.63) is 57.4 Å². The zero-order valence-corrected chi connectivity index (χ0v) is 12.6. The molecular weight excluding hydrogens is 280 g/mol. The number of aromatic amines is 1. The molecular formula is C17H16N2OS. The summed E-state index contributed by atoms with van der Waals surface area (Å²) in [6, 6.07) is 10.5. The van der Waals surface area contributed by atoms with E-state index in [0.717, 1.165) is 17.7 Å².